The van der Waals surface area contributed by atoms with Gasteiger partial charge < -0.3 is 10.3 Å². The van der Waals surface area contributed by atoms with E-state index in [9.17, 15) is 4.39 Å². The van der Waals surface area contributed by atoms with E-state index >= 15 is 0 Å². The highest BCUT2D eigenvalue weighted by atomic mass is 19.1. The molecule has 0 aromatic carbocycles. The van der Waals surface area contributed by atoms with Gasteiger partial charge in [-0.05, 0) is 13.1 Å². The molecule has 2 heterocycles. The van der Waals surface area contributed by atoms with Crippen molar-refractivity contribution < 1.29 is 4.39 Å². The number of aromatic nitrogens is 2. The highest BCUT2D eigenvalue weighted by Crippen LogP contribution is 2.18. The van der Waals surface area contributed by atoms with Gasteiger partial charge in [0.15, 0.2) is 5.82 Å². The average molecular weight is 179 g/mol. The maximum Gasteiger partial charge on any atom is 0.154 e. The number of halogens is 1. The van der Waals surface area contributed by atoms with Crippen molar-refractivity contribution in [1.82, 2.24) is 15.3 Å². The van der Waals surface area contributed by atoms with Crippen molar-refractivity contribution >= 4 is 10.9 Å². The number of hydrogen-bond donors (Lipinski definition) is 2. The van der Waals surface area contributed by atoms with E-state index in [4.69, 9.17) is 0 Å². The predicted molar refractivity (Wildman–Crippen MR) is 48.8 cm³/mol. The second-order valence-corrected chi connectivity index (χ2v) is 2.87. The van der Waals surface area contributed by atoms with Gasteiger partial charge in [0.05, 0.1) is 16.6 Å². The fourth-order valence-electron chi connectivity index (χ4n) is 1.36. The van der Waals surface area contributed by atoms with E-state index in [1.807, 2.05) is 0 Å². The molecule has 4 heteroatoms. The highest BCUT2D eigenvalue weighted by Gasteiger charge is 2.09. The monoisotopic (exact) mass is 179 g/mol. The zero-order chi connectivity index (χ0) is 9.26. The Balaban J connectivity index is 2.60. The van der Waals surface area contributed by atoms with E-state index in [1.54, 1.807) is 19.3 Å². The van der Waals surface area contributed by atoms with Crippen molar-refractivity contribution in [1.29, 1.82) is 0 Å². The fraction of sp³-hybridized carbons (Fsp3) is 0.222. The summed E-state index contributed by atoms with van der Waals surface area (Å²) >= 11 is 0. The number of nitrogens with one attached hydrogen (secondary N) is 2. The van der Waals surface area contributed by atoms with Crippen LogP contribution >= 0.6 is 0 Å². The molecule has 2 rings (SSSR count). The summed E-state index contributed by atoms with van der Waals surface area (Å²) in [6.07, 6.45) is 3.17. The summed E-state index contributed by atoms with van der Waals surface area (Å²) in [5, 5.41) is 3.44. The van der Waals surface area contributed by atoms with Crippen molar-refractivity contribution in [2.24, 2.45) is 0 Å². The quantitative estimate of drug-likeness (QED) is 0.732. The lowest BCUT2D eigenvalue weighted by molar-refractivity contribution is 0.608. The summed E-state index contributed by atoms with van der Waals surface area (Å²) in [7, 11) is 1.78. The minimum absolute atomic E-state index is 0.211. The third-order valence-corrected chi connectivity index (χ3v) is 1.96. The van der Waals surface area contributed by atoms with Crippen molar-refractivity contribution in [2.75, 3.05) is 7.05 Å². The molecule has 2 N–H and O–H groups in total. The van der Waals surface area contributed by atoms with E-state index in [0.29, 0.717) is 17.6 Å². The summed E-state index contributed by atoms with van der Waals surface area (Å²) in [5.74, 6) is -0.211. The third-order valence-electron chi connectivity index (χ3n) is 1.96. The van der Waals surface area contributed by atoms with Gasteiger partial charge in [0, 0.05) is 18.9 Å². The molecule has 0 bridgehead atoms. The molecule has 3 nitrogen and oxygen atoms in total. The van der Waals surface area contributed by atoms with E-state index in [0.717, 1.165) is 5.52 Å². The van der Waals surface area contributed by atoms with E-state index in [-0.39, 0.29) is 5.82 Å². The Bertz CT molecular complexity index is 422. The predicted octanol–water partition coefficient (Wildman–Crippen LogP) is 1.42. The van der Waals surface area contributed by atoms with Gasteiger partial charge in [-0.3, -0.25) is 4.98 Å². The van der Waals surface area contributed by atoms with Crippen LogP contribution in [-0.4, -0.2) is 17.0 Å². The topological polar surface area (TPSA) is 40.7 Å². The van der Waals surface area contributed by atoms with Gasteiger partial charge in [-0.1, -0.05) is 0 Å². The Morgan fingerprint density at radius 1 is 1.62 bits per heavy atom. The summed E-state index contributed by atoms with van der Waals surface area (Å²) < 4.78 is 13.5. The summed E-state index contributed by atoms with van der Waals surface area (Å²) in [6.45, 7) is 0.501. The molecule has 0 saturated heterocycles. The van der Waals surface area contributed by atoms with Crippen LogP contribution in [0.2, 0.25) is 0 Å². The maximum atomic E-state index is 13.5. The van der Waals surface area contributed by atoms with Gasteiger partial charge in [-0.25, -0.2) is 4.39 Å². The molecular formula is C9H10FN3. The van der Waals surface area contributed by atoms with Crippen molar-refractivity contribution in [2.45, 2.75) is 6.54 Å². The fourth-order valence-corrected chi connectivity index (χ4v) is 1.36. The molecule has 13 heavy (non-hydrogen) atoms. The van der Waals surface area contributed by atoms with Crippen LogP contribution in [0, 0.1) is 5.82 Å². The highest BCUT2D eigenvalue weighted by molar-refractivity contribution is 5.79. The summed E-state index contributed by atoms with van der Waals surface area (Å²) in [5.41, 5.74) is 1.36. The van der Waals surface area contributed by atoms with Gasteiger partial charge in [-0.2, -0.15) is 0 Å². The largest absolute Gasteiger partial charge is 0.355 e. The number of aromatic amines is 1. The summed E-state index contributed by atoms with van der Waals surface area (Å²) in [4.78, 5) is 6.85. The smallest absolute Gasteiger partial charge is 0.154 e. The molecule has 0 fully saturated rings. The molecule has 68 valence electrons. The van der Waals surface area contributed by atoms with Gasteiger partial charge in [0.25, 0.3) is 0 Å². The van der Waals surface area contributed by atoms with E-state index in [1.165, 1.54) is 6.20 Å². The average Bonchev–Trinajstić information content (AvgIpc) is 2.46. The molecule has 0 spiro atoms. The Hall–Kier alpha value is -1.42. The van der Waals surface area contributed by atoms with Crippen LogP contribution in [0.3, 0.4) is 0 Å². The van der Waals surface area contributed by atoms with Gasteiger partial charge in [-0.15, -0.1) is 0 Å². The number of hydrogen-bond acceptors (Lipinski definition) is 2. The second kappa shape index (κ2) is 3.14. The lowest BCUT2D eigenvalue weighted by atomic mass is 10.3. The molecular weight excluding hydrogens is 169 g/mol. The Labute approximate surface area is 75.0 Å². The normalized spacial score (nSPS) is 10.9. The molecule has 0 aliphatic carbocycles. The third kappa shape index (κ3) is 1.29. The summed E-state index contributed by atoms with van der Waals surface area (Å²) in [6, 6.07) is 1.76. The molecule has 2 aromatic rings. The number of nitrogens with zero attached hydrogens (tertiary/aromatic N) is 1. The molecule has 0 aliphatic rings. The van der Waals surface area contributed by atoms with Crippen LogP contribution in [0.25, 0.3) is 10.9 Å². The standard InChI is InChI=1S/C9H10FN3/c1-11-5-8-9(10)6-4-12-3-2-7(6)13-8/h2-4,11,13H,5H2,1H3. The lowest BCUT2D eigenvalue weighted by Crippen LogP contribution is -2.06. The first-order valence-electron chi connectivity index (χ1n) is 4.07. The number of rotatable bonds is 2. The van der Waals surface area contributed by atoms with Crippen LogP contribution in [0.15, 0.2) is 18.5 Å². The van der Waals surface area contributed by atoms with Gasteiger partial charge >= 0.3 is 0 Å². The lowest BCUT2D eigenvalue weighted by Gasteiger charge is -1.93. The molecule has 0 saturated carbocycles. The minimum atomic E-state index is -0.211. The molecule has 0 radical (unpaired) electrons. The molecule has 0 amide bonds. The number of fused-ring (bicyclic) bond motifs is 1. The molecule has 0 atom stereocenters. The van der Waals surface area contributed by atoms with E-state index in [2.05, 4.69) is 15.3 Å². The molecule has 2 aromatic heterocycles. The maximum absolute atomic E-state index is 13.5. The van der Waals surface area contributed by atoms with E-state index < -0.39 is 0 Å². The first-order valence-corrected chi connectivity index (χ1v) is 4.07. The first-order chi connectivity index (χ1) is 6.33. The van der Waals surface area contributed by atoms with Crippen molar-refractivity contribution in [3.05, 3.63) is 30.0 Å². The Morgan fingerprint density at radius 2 is 2.46 bits per heavy atom. The zero-order valence-corrected chi connectivity index (χ0v) is 7.26. The SMILES string of the molecule is CNCc1[nH]c2ccncc2c1F. The Kier molecular flexibility index (Phi) is 1.98. The Morgan fingerprint density at radius 3 is 3.15 bits per heavy atom. The van der Waals surface area contributed by atoms with Gasteiger partial charge in [0.1, 0.15) is 0 Å². The van der Waals surface area contributed by atoms with Crippen LogP contribution in [0.4, 0.5) is 4.39 Å². The number of H-pyrrole nitrogens is 1. The zero-order valence-electron chi connectivity index (χ0n) is 7.26. The van der Waals surface area contributed by atoms with Crippen molar-refractivity contribution in [3.63, 3.8) is 0 Å². The van der Waals surface area contributed by atoms with Crippen molar-refractivity contribution in [3.8, 4) is 0 Å². The van der Waals surface area contributed by atoms with Crippen LogP contribution in [0.5, 0.6) is 0 Å². The van der Waals surface area contributed by atoms with Crippen LogP contribution < -0.4 is 5.32 Å². The van der Waals surface area contributed by atoms with Crippen LogP contribution in [0.1, 0.15) is 5.69 Å². The molecule has 0 unspecified atom stereocenters. The minimum Gasteiger partial charge on any atom is -0.355 e. The van der Waals surface area contributed by atoms with Gasteiger partial charge in [0.2, 0.25) is 0 Å². The first kappa shape index (κ1) is 8.19. The second-order valence-electron chi connectivity index (χ2n) is 2.87. The number of pyridine rings is 1. The van der Waals surface area contributed by atoms with Crippen LogP contribution in [-0.2, 0) is 6.54 Å². The molecule has 0 aliphatic heterocycles.